The highest BCUT2D eigenvalue weighted by Crippen LogP contribution is 2.20. The monoisotopic (exact) mass is 218 g/mol. The van der Waals surface area contributed by atoms with E-state index in [4.69, 9.17) is 4.74 Å². The van der Waals surface area contributed by atoms with Crippen LogP contribution in [0, 0.1) is 0 Å². The maximum atomic E-state index is 11.4. The molecule has 2 rings (SSSR count). The molecule has 0 aliphatic rings. The second-order valence-electron chi connectivity index (χ2n) is 3.36. The Labute approximate surface area is 91.1 Å². The topological polar surface area (TPSA) is 72.1 Å². The predicted molar refractivity (Wildman–Crippen MR) is 58.9 cm³/mol. The van der Waals surface area contributed by atoms with Crippen LogP contribution in [0.15, 0.2) is 23.0 Å². The van der Waals surface area contributed by atoms with E-state index in [0.29, 0.717) is 16.7 Å². The number of ether oxygens (including phenoxy) is 1. The zero-order chi connectivity index (χ0) is 11.7. The average molecular weight is 218 g/mol. The van der Waals surface area contributed by atoms with Gasteiger partial charge in [0.25, 0.3) is 0 Å². The third-order valence-electron chi connectivity index (χ3n) is 2.27. The van der Waals surface area contributed by atoms with Crippen molar-refractivity contribution >= 4 is 16.7 Å². The van der Waals surface area contributed by atoms with Crippen LogP contribution in [0.1, 0.15) is 17.4 Å². The lowest BCUT2D eigenvalue weighted by Gasteiger charge is -2.04. The van der Waals surface area contributed by atoms with Crippen LogP contribution in [0.25, 0.3) is 10.9 Å². The van der Waals surface area contributed by atoms with Crippen LogP contribution in [0.4, 0.5) is 0 Å². The van der Waals surface area contributed by atoms with Gasteiger partial charge in [-0.1, -0.05) is 0 Å². The molecule has 0 bridgehead atoms. The van der Waals surface area contributed by atoms with Gasteiger partial charge in [0.05, 0.1) is 12.6 Å². The molecule has 0 atom stereocenters. The van der Waals surface area contributed by atoms with Crippen LogP contribution in [0.3, 0.4) is 0 Å². The highest BCUT2D eigenvalue weighted by Gasteiger charge is 2.10. The fourth-order valence-corrected chi connectivity index (χ4v) is 1.53. The third kappa shape index (κ3) is 1.67. The summed E-state index contributed by atoms with van der Waals surface area (Å²) in [6.45, 7) is 1.38. The number of nitrogens with zero attached hydrogens (tertiary/aromatic N) is 1. The van der Waals surface area contributed by atoms with Crippen LogP contribution in [0.5, 0.6) is 5.75 Å². The summed E-state index contributed by atoms with van der Waals surface area (Å²) in [5.74, 6) is 0.369. The zero-order valence-electron chi connectivity index (χ0n) is 8.90. The largest absolute Gasteiger partial charge is 0.497 e. The number of methoxy groups -OCH3 is 1. The summed E-state index contributed by atoms with van der Waals surface area (Å²) in [6.07, 6.45) is 0. The molecule has 2 aromatic rings. The molecule has 0 saturated carbocycles. The number of hydrogen-bond acceptors (Lipinski definition) is 4. The van der Waals surface area contributed by atoms with Crippen LogP contribution >= 0.6 is 0 Å². The molecule has 0 spiro atoms. The molecule has 1 aromatic carbocycles. The van der Waals surface area contributed by atoms with Crippen molar-refractivity contribution in [2.45, 2.75) is 6.92 Å². The Morgan fingerprint density at radius 3 is 2.81 bits per heavy atom. The van der Waals surface area contributed by atoms with Gasteiger partial charge >= 0.3 is 5.69 Å². The molecule has 5 heteroatoms. The predicted octanol–water partition coefficient (Wildman–Crippen LogP) is 1.13. The smallest absolute Gasteiger partial charge is 0.346 e. The van der Waals surface area contributed by atoms with E-state index in [0.717, 1.165) is 0 Å². The van der Waals surface area contributed by atoms with Crippen molar-refractivity contribution in [1.29, 1.82) is 0 Å². The molecule has 0 unspecified atom stereocenters. The first kappa shape index (κ1) is 10.4. The van der Waals surface area contributed by atoms with Gasteiger partial charge in [0.15, 0.2) is 5.78 Å². The molecule has 0 amide bonds. The standard InChI is InChI=1S/C11H10N2O3/c1-6(14)10-8-5-7(16-2)3-4-9(8)12-11(15)13-10/h3-5H,1-2H3,(H,12,13,15). The molecule has 16 heavy (non-hydrogen) atoms. The minimum atomic E-state index is -0.525. The van der Waals surface area contributed by atoms with Gasteiger partial charge in [0.1, 0.15) is 11.4 Å². The molecule has 0 aliphatic heterocycles. The van der Waals surface area contributed by atoms with Crippen molar-refractivity contribution in [3.05, 3.63) is 34.4 Å². The Hall–Kier alpha value is -2.17. The maximum Gasteiger partial charge on any atom is 0.346 e. The van der Waals surface area contributed by atoms with Gasteiger partial charge in [0, 0.05) is 12.3 Å². The quantitative estimate of drug-likeness (QED) is 0.767. The first-order valence-electron chi connectivity index (χ1n) is 4.71. The van der Waals surface area contributed by atoms with Crippen molar-refractivity contribution in [2.24, 2.45) is 0 Å². The van der Waals surface area contributed by atoms with E-state index in [9.17, 15) is 9.59 Å². The number of fused-ring (bicyclic) bond motifs is 1. The second kappa shape index (κ2) is 3.77. The number of carbonyl (C=O) groups excluding carboxylic acids is 1. The first-order chi connectivity index (χ1) is 7.61. The Balaban J connectivity index is 2.86. The summed E-state index contributed by atoms with van der Waals surface area (Å²) >= 11 is 0. The van der Waals surface area contributed by atoms with Crippen molar-refractivity contribution in [3.8, 4) is 5.75 Å². The lowest BCUT2D eigenvalue weighted by atomic mass is 10.1. The van der Waals surface area contributed by atoms with E-state index in [-0.39, 0.29) is 11.5 Å². The molecule has 0 radical (unpaired) electrons. The van der Waals surface area contributed by atoms with E-state index < -0.39 is 5.69 Å². The maximum absolute atomic E-state index is 11.4. The van der Waals surface area contributed by atoms with E-state index >= 15 is 0 Å². The van der Waals surface area contributed by atoms with Crippen LogP contribution in [-0.2, 0) is 0 Å². The lowest BCUT2D eigenvalue weighted by molar-refractivity contribution is 0.101. The summed E-state index contributed by atoms with van der Waals surface area (Å²) in [6, 6.07) is 5.07. The van der Waals surface area contributed by atoms with Crippen LogP contribution < -0.4 is 10.4 Å². The van der Waals surface area contributed by atoms with Gasteiger partial charge in [-0.15, -0.1) is 0 Å². The molecular weight excluding hydrogens is 208 g/mol. The van der Waals surface area contributed by atoms with Gasteiger partial charge in [-0.2, -0.15) is 4.98 Å². The molecular formula is C11H10N2O3. The van der Waals surface area contributed by atoms with E-state index in [1.165, 1.54) is 14.0 Å². The minimum Gasteiger partial charge on any atom is -0.497 e. The number of hydrogen-bond donors (Lipinski definition) is 1. The number of Topliss-reactive ketones (excluding diaryl/α,β-unsaturated/α-hetero) is 1. The first-order valence-corrected chi connectivity index (χ1v) is 4.71. The van der Waals surface area contributed by atoms with Crippen molar-refractivity contribution in [3.63, 3.8) is 0 Å². The van der Waals surface area contributed by atoms with Gasteiger partial charge < -0.3 is 9.72 Å². The summed E-state index contributed by atoms with van der Waals surface area (Å²) in [4.78, 5) is 28.8. The summed E-state index contributed by atoms with van der Waals surface area (Å²) in [5, 5.41) is 0.589. The van der Waals surface area contributed by atoms with Gasteiger partial charge in [-0.25, -0.2) is 4.79 Å². The fourth-order valence-electron chi connectivity index (χ4n) is 1.53. The van der Waals surface area contributed by atoms with Crippen LogP contribution in [0.2, 0.25) is 0 Å². The number of nitrogens with one attached hydrogen (secondary N) is 1. The van der Waals surface area contributed by atoms with Gasteiger partial charge in [-0.3, -0.25) is 4.79 Å². The molecule has 1 heterocycles. The number of ketones is 1. The minimum absolute atomic E-state index is 0.164. The highest BCUT2D eigenvalue weighted by atomic mass is 16.5. The molecule has 0 fully saturated rings. The Morgan fingerprint density at radius 2 is 2.19 bits per heavy atom. The summed E-state index contributed by atoms with van der Waals surface area (Å²) in [5.41, 5.74) is 0.214. The highest BCUT2D eigenvalue weighted by molar-refractivity contribution is 6.04. The van der Waals surface area contributed by atoms with E-state index in [2.05, 4.69) is 9.97 Å². The molecule has 0 aliphatic carbocycles. The van der Waals surface area contributed by atoms with E-state index in [1.807, 2.05) is 0 Å². The Bertz CT molecular complexity index is 616. The molecule has 0 saturated heterocycles. The molecule has 5 nitrogen and oxygen atoms in total. The molecule has 82 valence electrons. The fraction of sp³-hybridized carbons (Fsp3) is 0.182. The average Bonchev–Trinajstić information content (AvgIpc) is 2.27. The molecule has 1 aromatic heterocycles. The van der Waals surface area contributed by atoms with Crippen molar-refractivity contribution in [1.82, 2.24) is 9.97 Å². The number of rotatable bonds is 2. The van der Waals surface area contributed by atoms with Gasteiger partial charge in [-0.05, 0) is 18.2 Å². The Kier molecular flexibility index (Phi) is 2.44. The van der Waals surface area contributed by atoms with E-state index in [1.54, 1.807) is 18.2 Å². The normalized spacial score (nSPS) is 10.4. The zero-order valence-corrected chi connectivity index (χ0v) is 8.90. The Morgan fingerprint density at radius 1 is 1.44 bits per heavy atom. The number of aromatic amines is 1. The number of carbonyl (C=O) groups is 1. The van der Waals surface area contributed by atoms with Crippen LogP contribution in [-0.4, -0.2) is 22.9 Å². The second-order valence-corrected chi connectivity index (χ2v) is 3.36. The van der Waals surface area contributed by atoms with Crippen molar-refractivity contribution < 1.29 is 9.53 Å². The number of H-pyrrole nitrogens is 1. The molecule has 1 N–H and O–H groups in total. The summed E-state index contributed by atoms with van der Waals surface area (Å²) < 4.78 is 5.06. The lowest BCUT2D eigenvalue weighted by Crippen LogP contribution is -2.15. The summed E-state index contributed by atoms with van der Waals surface area (Å²) in [7, 11) is 1.54. The van der Waals surface area contributed by atoms with Gasteiger partial charge in [0.2, 0.25) is 0 Å². The third-order valence-corrected chi connectivity index (χ3v) is 2.27. The number of benzene rings is 1. The van der Waals surface area contributed by atoms with Crippen molar-refractivity contribution in [2.75, 3.05) is 7.11 Å². The SMILES string of the molecule is COc1ccc2[nH]c(=O)nc(C(C)=O)c2c1. The number of aromatic nitrogens is 2.